The molecule has 1 aromatic carbocycles. The number of nitrogen functional groups attached to an aromatic ring is 1. The quantitative estimate of drug-likeness (QED) is 0.844. The van der Waals surface area contributed by atoms with Gasteiger partial charge in [0.1, 0.15) is 0 Å². The van der Waals surface area contributed by atoms with Gasteiger partial charge >= 0.3 is 0 Å². The van der Waals surface area contributed by atoms with E-state index in [1.807, 2.05) is 11.0 Å². The summed E-state index contributed by atoms with van der Waals surface area (Å²) in [7, 11) is 0. The first-order valence-corrected chi connectivity index (χ1v) is 8.25. The van der Waals surface area contributed by atoms with Crippen molar-refractivity contribution in [2.24, 2.45) is 5.92 Å². The molecule has 2 rings (SSSR count). The number of likely N-dealkylation sites (tertiary alicyclic amines) is 1. The van der Waals surface area contributed by atoms with Crippen LogP contribution in [0.15, 0.2) is 22.7 Å². The number of rotatable bonds is 3. The van der Waals surface area contributed by atoms with E-state index < -0.39 is 0 Å². The van der Waals surface area contributed by atoms with Crippen LogP contribution in [0.1, 0.15) is 49.4 Å². The van der Waals surface area contributed by atoms with Gasteiger partial charge in [-0.15, -0.1) is 0 Å². The summed E-state index contributed by atoms with van der Waals surface area (Å²) >= 11 is 3.45. The average Bonchev–Trinajstić information content (AvgIpc) is 2.67. The van der Waals surface area contributed by atoms with Crippen LogP contribution in [0, 0.1) is 5.92 Å². The van der Waals surface area contributed by atoms with Crippen LogP contribution in [0.3, 0.4) is 0 Å². The number of anilines is 1. The summed E-state index contributed by atoms with van der Waals surface area (Å²) in [5.41, 5.74) is 7.11. The Morgan fingerprint density at radius 3 is 2.95 bits per heavy atom. The van der Waals surface area contributed by atoms with Gasteiger partial charge in [-0.3, -0.25) is 4.79 Å². The highest BCUT2D eigenvalue weighted by Crippen LogP contribution is 2.25. The molecule has 1 amide bonds. The SMILES string of the molecule is CCCC1CCCN(C(=O)c2cc(N)ccc2Br)CC1. The molecule has 1 fully saturated rings. The molecule has 110 valence electrons. The molecule has 0 spiro atoms. The van der Waals surface area contributed by atoms with E-state index >= 15 is 0 Å². The molecule has 2 N–H and O–H groups in total. The molecule has 3 nitrogen and oxygen atoms in total. The van der Waals surface area contributed by atoms with Crippen LogP contribution in [-0.2, 0) is 0 Å². The Morgan fingerprint density at radius 1 is 1.40 bits per heavy atom. The van der Waals surface area contributed by atoms with E-state index in [1.165, 1.54) is 19.3 Å². The third-order valence-electron chi connectivity index (χ3n) is 4.05. The Labute approximate surface area is 129 Å². The Bertz CT molecular complexity index is 476. The molecular weight excluding hydrogens is 316 g/mol. The lowest BCUT2D eigenvalue weighted by atomic mass is 9.96. The number of amides is 1. The molecule has 0 saturated carbocycles. The number of nitrogens with two attached hydrogens (primary N) is 1. The maximum Gasteiger partial charge on any atom is 0.255 e. The predicted octanol–water partition coefficient (Wildman–Crippen LogP) is 4.07. The van der Waals surface area contributed by atoms with Gasteiger partial charge in [0, 0.05) is 23.2 Å². The van der Waals surface area contributed by atoms with Gasteiger partial charge in [0.05, 0.1) is 5.56 Å². The van der Waals surface area contributed by atoms with Crippen molar-refractivity contribution in [2.45, 2.75) is 39.0 Å². The van der Waals surface area contributed by atoms with Crippen molar-refractivity contribution in [3.63, 3.8) is 0 Å². The monoisotopic (exact) mass is 338 g/mol. The number of nitrogens with zero attached hydrogens (tertiary/aromatic N) is 1. The molecule has 1 heterocycles. The number of carbonyl (C=O) groups is 1. The highest BCUT2D eigenvalue weighted by atomic mass is 79.9. The molecule has 20 heavy (non-hydrogen) atoms. The van der Waals surface area contributed by atoms with Gasteiger partial charge in [-0.25, -0.2) is 0 Å². The lowest BCUT2D eigenvalue weighted by Crippen LogP contribution is -2.32. The normalized spacial score (nSPS) is 19.7. The zero-order chi connectivity index (χ0) is 14.5. The third kappa shape index (κ3) is 3.75. The van der Waals surface area contributed by atoms with Crippen LogP contribution in [-0.4, -0.2) is 23.9 Å². The Kier molecular flexibility index (Phi) is 5.46. The molecule has 0 aliphatic carbocycles. The average molecular weight is 339 g/mol. The summed E-state index contributed by atoms with van der Waals surface area (Å²) < 4.78 is 0.825. The van der Waals surface area contributed by atoms with Gasteiger partial charge < -0.3 is 10.6 Å². The smallest absolute Gasteiger partial charge is 0.255 e. The van der Waals surface area contributed by atoms with Crippen LogP contribution in [0.2, 0.25) is 0 Å². The van der Waals surface area contributed by atoms with Gasteiger partial charge in [-0.05, 0) is 59.3 Å². The van der Waals surface area contributed by atoms with Gasteiger partial charge in [0.2, 0.25) is 0 Å². The first-order valence-electron chi connectivity index (χ1n) is 7.46. The molecule has 0 radical (unpaired) electrons. The van der Waals surface area contributed by atoms with Crippen LogP contribution < -0.4 is 5.73 Å². The van der Waals surface area contributed by atoms with E-state index in [2.05, 4.69) is 22.9 Å². The summed E-state index contributed by atoms with van der Waals surface area (Å²) in [6.07, 6.45) is 6.00. The van der Waals surface area contributed by atoms with Crippen molar-refractivity contribution in [3.05, 3.63) is 28.2 Å². The van der Waals surface area contributed by atoms with E-state index in [1.54, 1.807) is 12.1 Å². The summed E-state index contributed by atoms with van der Waals surface area (Å²) in [6.45, 7) is 3.96. The highest BCUT2D eigenvalue weighted by Gasteiger charge is 2.22. The standard InChI is InChI=1S/C16H23BrN2O/c1-2-4-12-5-3-9-19(10-8-12)16(20)14-11-13(18)6-7-15(14)17/h6-7,11-12H,2-5,8-10,18H2,1H3. The maximum absolute atomic E-state index is 12.6. The molecule has 0 aromatic heterocycles. The Hall–Kier alpha value is -1.03. The van der Waals surface area contributed by atoms with Gasteiger partial charge in [-0.1, -0.05) is 19.8 Å². The lowest BCUT2D eigenvalue weighted by molar-refractivity contribution is 0.0759. The van der Waals surface area contributed by atoms with Crippen LogP contribution >= 0.6 is 15.9 Å². The second-order valence-electron chi connectivity index (χ2n) is 5.62. The third-order valence-corrected chi connectivity index (χ3v) is 4.74. The largest absolute Gasteiger partial charge is 0.399 e. The zero-order valence-electron chi connectivity index (χ0n) is 12.1. The first kappa shape index (κ1) is 15.4. The first-order chi connectivity index (χ1) is 9.61. The van der Waals surface area contributed by atoms with E-state index in [0.717, 1.165) is 36.3 Å². The van der Waals surface area contributed by atoms with Gasteiger partial charge in [0.15, 0.2) is 0 Å². The minimum absolute atomic E-state index is 0.0984. The summed E-state index contributed by atoms with van der Waals surface area (Å²) in [4.78, 5) is 14.6. The second kappa shape index (κ2) is 7.11. The van der Waals surface area contributed by atoms with Crippen molar-refractivity contribution in [1.82, 2.24) is 4.90 Å². The minimum atomic E-state index is 0.0984. The molecular formula is C16H23BrN2O. The van der Waals surface area contributed by atoms with Crippen molar-refractivity contribution in [2.75, 3.05) is 18.8 Å². The second-order valence-corrected chi connectivity index (χ2v) is 6.47. The van der Waals surface area contributed by atoms with E-state index in [9.17, 15) is 4.79 Å². The van der Waals surface area contributed by atoms with Crippen molar-refractivity contribution in [3.8, 4) is 0 Å². The number of hydrogen-bond acceptors (Lipinski definition) is 2. The Balaban J connectivity index is 2.07. The van der Waals surface area contributed by atoms with Crippen LogP contribution in [0.4, 0.5) is 5.69 Å². The minimum Gasteiger partial charge on any atom is -0.399 e. The van der Waals surface area contributed by atoms with Gasteiger partial charge in [0.25, 0.3) is 5.91 Å². The number of carbonyl (C=O) groups excluding carboxylic acids is 1. The van der Waals surface area contributed by atoms with Crippen molar-refractivity contribution in [1.29, 1.82) is 0 Å². The summed E-state index contributed by atoms with van der Waals surface area (Å²) in [5, 5.41) is 0. The van der Waals surface area contributed by atoms with Crippen molar-refractivity contribution >= 4 is 27.5 Å². The molecule has 1 aliphatic heterocycles. The van der Waals surface area contributed by atoms with E-state index in [0.29, 0.717) is 11.3 Å². The molecule has 1 unspecified atom stereocenters. The molecule has 4 heteroatoms. The number of halogens is 1. The van der Waals surface area contributed by atoms with Gasteiger partial charge in [-0.2, -0.15) is 0 Å². The number of hydrogen-bond donors (Lipinski definition) is 1. The van der Waals surface area contributed by atoms with E-state index in [4.69, 9.17) is 5.73 Å². The highest BCUT2D eigenvalue weighted by molar-refractivity contribution is 9.10. The fraction of sp³-hybridized carbons (Fsp3) is 0.562. The predicted molar refractivity (Wildman–Crippen MR) is 86.7 cm³/mol. The molecule has 0 bridgehead atoms. The molecule has 1 aromatic rings. The maximum atomic E-state index is 12.6. The summed E-state index contributed by atoms with van der Waals surface area (Å²) in [6, 6.07) is 5.42. The van der Waals surface area contributed by atoms with Crippen molar-refractivity contribution < 1.29 is 4.79 Å². The fourth-order valence-corrected chi connectivity index (χ4v) is 3.36. The zero-order valence-corrected chi connectivity index (χ0v) is 13.7. The molecule has 1 saturated heterocycles. The van der Waals surface area contributed by atoms with Crippen LogP contribution in [0.5, 0.6) is 0 Å². The summed E-state index contributed by atoms with van der Waals surface area (Å²) in [5.74, 6) is 0.878. The molecule has 1 atom stereocenters. The van der Waals surface area contributed by atoms with E-state index in [-0.39, 0.29) is 5.91 Å². The van der Waals surface area contributed by atoms with Crippen LogP contribution in [0.25, 0.3) is 0 Å². The fourth-order valence-electron chi connectivity index (χ4n) is 2.94. The lowest BCUT2D eigenvalue weighted by Gasteiger charge is -2.21. The topological polar surface area (TPSA) is 46.3 Å². The Morgan fingerprint density at radius 2 is 2.20 bits per heavy atom. The molecule has 1 aliphatic rings. The number of benzene rings is 1.